The standard InChI is InChI=1S/C34H33N7O/c1-2-3-4-5-9-16-32-36-20-19-33(37-32)41-26-17-18-27(41)23-40(22-26)30-21-29(38-39-34(30)35)28-14-10-11-15-31(28)42-24-25-12-7-6-8-13-25/h1,6-8,10-15,19-21,26-27H,3-5,17-18,22-24H2,(H2,35,39). The summed E-state index contributed by atoms with van der Waals surface area (Å²) in [6, 6.07) is 22.7. The molecule has 0 amide bonds. The van der Waals surface area contributed by atoms with Gasteiger partial charge in [-0.15, -0.1) is 22.5 Å². The maximum Gasteiger partial charge on any atom is 0.206 e. The van der Waals surface area contributed by atoms with Crippen LogP contribution in [-0.2, 0) is 6.61 Å². The van der Waals surface area contributed by atoms with Gasteiger partial charge in [-0.25, -0.2) is 9.97 Å². The van der Waals surface area contributed by atoms with Crippen molar-refractivity contribution < 1.29 is 4.74 Å². The first-order valence-corrected chi connectivity index (χ1v) is 14.4. The lowest BCUT2D eigenvalue weighted by atomic mass is 10.1. The SMILES string of the molecule is C#CCCCC#Cc1nccc(N2C3CCC2CN(c2cc(-c4ccccc4OCc4ccccc4)nnc2N)C3)n1. The van der Waals surface area contributed by atoms with Gasteiger partial charge in [-0.3, -0.25) is 0 Å². The van der Waals surface area contributed by atoms with Crippen LogP contribution in [0.1, 0.15) is 43.5 Å². The largest absolute Gasteiger partial charge is 0.488 e. The maximum atomic E-state index is 6.42. The van der Waals surface area contributed by atoms with E-state index < -0.39 is 0 Å². The fourth-order valence-corrected chi connectivity index (χ4v) is 5.76. The van der Waals surface area contributed by atoms with E-state index in [-0.39, 0.29) is 0 Å². The Bertz CT molecular complexity index is 1630. The van der Waals surface area contributed by atoms with Crippen LogP contribution in [0, 0.1) is 24.2 Å². The van der Waals surface area contributed by atoms with Gasteiger partial charge in [-0.05, 0) is 55.0 Å². The second kappa shape index (κ2) is 12.6. The molecule has 2 aliphatic rings. The summed E-state index contributed by atoms with van der Waals surface area (Å²) in [6.07, 6.45) is 11.7. The Balaban J connectivity index is 1.19. The van der Waals surface area contributed by atoms with E-state index in [1.165, 1.54) is 0 Å². The smallest absolute Gasteiger partial charge is 0.206 e. The average molecular weight is 556 g/mol. The molecule has 2 fully saturated rings. The average Bonchev–Trinajstić information content (AvgIpc) is 3.30. The van der Waals surface area contributed by atoms with Crippen molar-refractivity contribution in [1.82, 2.24) is 20.2 Å². The molecule has 2 aromatic heterocycles. The number of anilines is 3. The number of hydrogen-bond donors (Lipinski definition) is 1. The highest BCUT2D eigenvalue weighted by atomic mass is 16.5. The summed E-state index contributed by atoms with van der Waals surface area (Å²) >= 11 is 0. The van der Waals surface area contributed by atoms with Crippen LogP contribution in [0.4, 0.5) is 17.3 Å². The van der Waals surface area contributed by atoms with Gasteiger partial charge in [-0.2, -0.15) is 0 Å². The lowest BCUT2D eigenvalue weighted by Crippen LogP contribution is -2.54. The second-order valence-electron chi connectivity index (χ2n) is 10.6. The van der Waals surface area contributed by atoms with E-state index in [1.807, 2.05) is 54.6 Å². The molecule has 210 valence electrons. The molecule has 0 spiro atoms. The monoisotopic (exact) mass is 555 g/mol. The van der Waals surface area contributed by atoms with Crippen LogP contribution < -0.4 is 20.3 Å². The quantitative estimate of drug-likeness (QED) is 0.237. The van der Waals surface area contributed by atoms with Crippen molar-refractivity contribution >= 4 is 17.3 Å². The second-order valence-corrected chi connectivity index (χ2v) is 10.6. The zero-order valence-corrected chi connectivity index (χ0v) is 23.5. The Kier molecular flexibility index (Phi) is 8.14. The summed E-state index contributed by atoms with van der Waals surface area (Å²) < 4.78 is 6.20. The number of unbranched alkanes of at least 4 members (excludes halogenated alkanes) is 2. The van der Waals surface area contributed by atoms with E-state index in [0.717, 1.165) is 79.3 Å². The van der Waals surface area contributed by atoms with Crippen LogP contribution in [0.5, 0.6) is 5.75 Å². The summed E-state index contributed by atoms with van der Waals surface area (Å²) in [5, 5.41) is 8.82. The molecular formula is C34H33N7O. The molecule has 42 heavy (non-hydrogen) atoms. The predicted molar refractivity (Wildman–Crippen MR) is 166 cm³/mol. The number of fused-ring (bicyclic) bond motifs is 2. The highest BCUT2D eigenvalue weighted by Gasteiger charge is 2.41. The number of rotatable bonds is 8. The molecule has 2 atom stereocenters. The Morgan fingerprint density at radius 2 is 1.74 bits per heavy atom. The molecule has 8 heteroatoms. The number of nitrogens with zero attached hydrogens (tertiary/aromatic N) is 6. The molecule has 2 unspecified atom stereocenters. The van der Waals surface area contributed by atoms with E-state index in [4.69, 9.17) is 21.9 Å². The Morgan fingerprint density at radius 1 is 0.952 bits per heavy atom. The fourth-order valence-electron chi connectivity index (χ4n) is 5.76. The molecule has 2 saturated heterocycles. The van der Waals surface area contributed by atoms with Crippen molar-refractivity contribution in [3.63, 3.8) is 0 Å². The van der Waals surface area contributed by atoms with Crippen molar-refractivity contribution in [3.8, 4) is 41.2 Å². The lowest BCUT2D eigenvalue weighted by molar-refractivity contribution is 0.307. The van der Waals surface area contributed by atoms with Crippen LogP contribution in [0.2, 0.25) is 0 Å². The molecular weight excluding hydrogens is 522 g/mol. The first-order valence-electron chi connectivity index (χ1n) is 14.4. The lowest BCUT2D eigenvalue weighted by Gasteiger charge is -2.42. The Hall–Kier alpha value is -5.08. The highest BCUT2D eigenvalue weighted by molar-refractivity contribution is 5.74. The summed E-state index contributed by atoms with van der Waals surface area (Å²) in [5.41, 5.74) is 10.0. The van der Waals surface area contributed by atoms with Gasteiger partial charge in [0.15, 0.2) is 5.82 Å². The van der Waals surface area contributed by atoms with Gasteiger partial charge in [0.05, 0.1) is 11.4 Å². The summed E-state index contributed by atoms with van der Waals surface area (Å²) in [6.45, 7) is 2.10. The molecule has 2 aliphatic heterocycles. The van der Waals surface area contributed by atoms with Crippen LogP contribution in [0.15, 0.2) is 72.9 Å². The molecule has 0 saturated carbocycles. The van der Waals surface area contributed by atoms with Gasteiger partial charge in [0.2, 0.25) is 5.82 Å². The van der Waals surface area contributed by atoms with Crippen LogP contribution in [-0.4, -0.2) is 45.3 Å². The number of nitrogens with two attached hydrogens (primary N) is 1. The minimum Gasteiger partial charge on any atom is -0.488 e. The van der Waals surface area contributed by atoms with Gasteiger partial charge in [0.1, 0.15) is 18.2 Å². The fraction of sp³-hybridized carbons (Fsp3) is 0.294. The minimum absolute atomic E-state index is 0.299. The van der Waals surface area contributed by atoms with Crippen LogP contribution >= 0.6 is 0 Å². The normalized spacial score (nSPS) is 17.3. The van der Waals surface area contributed by atoms with E-state index in [9.17, 15) is 0 Å². The van der Waals surface area contributed by atoms with Crippen molar-refractivity contribution in [2.24, 2.45) is 0 Å². The molecule has 2 N–H and O–H groups in total. The molecule has 4 aromatic rings. The van der Waals surface area contributed by atoms with E-state index in [2.05, 4.69) is 54.9 Å². The molecule has 8 nitrogen and oxygen atoms in total. The summed E-state index contributed by atoms with van der Waals surface area (Å²) in [4.78, 5) is 13.9. The number of nitrogen functional groups attached to an aromatic ring is 1. The van der Waals surface area contributed by atoms with Gasteiger partial charge >= 0.3 is 0 Å². The van der Waals surface area contributed by atoms with Gasteiger partial charge < -0.3 is 20.3 Å². The van der Waals surface area contributed by atoms with Crippen LogP contribution in [0.3, 0.4) is 0 Å². The minimum atomic E-state index is 0.299. The van der Waals surface area contributed by atoms with Crippen molar-refractivity contribution in [3.05, 3.63) is 84.3 Å². The number of piperazine rings is 1. The summed E-state index contributed by atoms with van der Waals surface area (Å²) in [7, 11) is 0. The molecule has 6 rings (SSSR count). The third-order valence-electron chi connectivity index (χ3n) is 7.75. The molecule has 0 aliphatic carbocycles. The number of hydrogen-bond acceptors (Lipinski definition) is 8. The van der Waals surface area contributed by atoms with Crippen LogP contribution in [0.25, 0.3) is 11.3 Å². The van der Waals surface area contributed by atoms with Crippen molar-refractivity contribution in [1.29, 1.82) is 0 Å². The van der Waals surface area contributed by atoms with Gasteiger partial charge in [0, 0.05) is 49.8 Å². The predicted octanol–water partition coefficient (Wildman–Crippen LogP) is 5.11. The maximum absolute atomic E-state index is 6.42. The van der Waals surface area contributed by atoms with Gasteiger partial charge in [-0.1, -0.05) is 48.4 Å². The Morgan fingerprint density at radius 3 is 2.55 bits per heavy atom. The Labute approximate surface area is 247 Å². The van der Waals surface area contributed by atoms with E-state index in [1.54, 1.807) is 6.20 Å². The number of ether oxygens (including phenoxy) is 1. The highest BCUT2D eigenvalue weighted by Crippen LogP contribution is 2.38. The first-order chi connectivity index (χ1) is 20.7. The zero-order chi connectivity index (χ0) is 28.7. The van der Waals surface area contributed by atoms with Gasteiger partial charge in [0.25, 0.3) is 0 Å². The van der Waals surface area contributed by atoms with Crippen molar-refractivity contribution in [2.45, 2.75) is 50.8 Å². The topological polar surface area (TPSA) is 93.3 Å². The number of benzene rings is 2. The number of terminal acetylenes is 1. The third-order valence-corrected chi connectivity index (χ3v) is 7.75. The molecule has 4 heterocycles. The zero-order valence-electron chi connectivity index (χ0n) is 23.5. The first kappa shape index (κ1) is 27.1. The molecule has 2 aromatic carbocycles. The number of para-hydroxylation sites is 1. The molecule has 2 bridgehead atoms. The molecule has 0 radical (unpaired) electrons. The van der Waals surface area contributed by atoms with E-state index in [0.29, 0.717) is 30.3 Å². The number of aromatic nitrogens is 4. The summed E-state index contributed by atoms with van der Waals surface area (Å²) in [5.74, 6) is 11.6. The van der Waals surface area contributed by atoms with E-state index >= 15 is 0 Å². The van der Waals surface area contributed by atoms with Crippen molar-refractivity contribution in [2.75, 3.05) is 28.6 Å². The third kappa shape index (κ3) is 5.99.